The summed E-state index contributed by atoms with van der Waals surface area (Å²) < 4.78 is 0. The van der Waals surface area contributed by atoms with Gasteiger partial charge < -0.3 is 0 Å². The predicted molar refractivity (Wildman–Crippen MR) is 0 cm³/mol. The molecular formula is Pd5Pr. The molecule has 0 aromatic rings. The van der Waals surface area contributed by atoms with Gasteiger partial charge in [-0.1, -0.05) is 0 Å². The molecule has 0 unspecified atom stereocenters. The fourth-order valence-electron chi connectivity index (χ4n) is 0. The smallest absolute Gasteiger partial charge is 0 e. The summed E-state index contributed by atoms with van der Waals surface area (Å²) in [5.41, 5.74) is 0. The molecule has 1 radical (unpaired) electrons. The van der Waals surface area contributed by atoms with Crippen molar-refractivity contribution in [3.8, 4) is 0 Å². The number of hydrogen-bond acceptors (Lipinski definition) is 0. The Balaban J connectivity index is 0. The average Bonchev–Trinajstić information content (AvgIpc) is 0. The third-order valence-electron chi connectivity index (χ3n) is 0. The molecule has 0 amide bonds. The zero-order chi connectivity index (χ0) is 0. The summed E-state index contributed by atoms with van der Waals surface area (Å²) in [6, 6.07) is 0. The van der Waals surface area contributed by atoms with E-state index in [0.29, 0.717) is 0 Å². The van der Waals surface area contributed by atoms with Crippen LogP contribution in [0.5, 0.6) is 0 Å². The van der Waals surface area contributed by atoms with E-state index in [1.165, 1.54) is 0 Å². The molecule has 0 saturated carbocycles. The van der Waals surface area contributed by atoms with E-state index < -0.39 is 0 Å². The SMILES string of the molecule is [Pd].[Pd].[Pd].[Pd].[Pd].[Pr]. The Morgan fingerprint density at radius 3 is 0.333 bits per heavy atom. The van der Waals surface area contributed by atoms with Crippen LogP contribution in [0, 0.1) is 41.3 Å². The van der Waals surface area contributed by atoms with Crippen molar-refractivity contribution < 1.29 is 143 Å². The molecule has 0 bridgehead atoms. The van der Waals surface area contributed by atoms with Crippen LogP contribution in [0.2, 0.25) is 0 Å². The van der Waals surface area contributed by atoms with Crippen molar-refractivity contribution in [1.82, 2.24) is 0 Å². The minimum atomic E-state index is 0. The van der Waals surface area contributed by atoms with Gasteiger partial charge in [0.2, 0.25) is 0 Å². The Morgan fingerprint density at radius 1 is 0.333 bits per heavy atom. The molecule has 0 aliphatic rings. The third kappa shape index (κ3) is 23.4. The molecule has 0 aromatic heterocycles. The van der Waals surface area contributed by atoms with Crippen LogP contribution >= 0.6 is 0 Å². The molecule has 0 rings (SSSR count). The van der Waals surface area contributed by atoms with E-state index in [-0.39, 0.29) is 143 Å². The fourth-order valence-corrected chi connectivity index (χ4v) is 0. The van der Waals surface area contributed by atoms with Gasteiger partial charge in [0.25, 0.3) is 0 Å². The molecule has 0 heterocycles. The molecule has 6 heavy (non-hydrogen) atoms. The molecule has 0 aromatic carbocycles. The van der Waals surface area contributed by atoms with E-state index in [2.05, 4.69) is 0 Å². The van der Waals surface area contributed by atoms with Crippen LogP contribution < -0.4 is 0 Å². The molecule has 0 aliphatic heterocycles. The van der Waals surface area contributed by atoms with Crippen molar-refractivity contribution in [3.05, 3.63) is 0 Å². The molecule has 0 nitrogen and oxygen atoms in total. The van der Waals surface area contributed by atoms with Gasteiger partial charge in [-0.05, 0) is 0 Å². The Morgan fingerprint density at radius 2 is 0.333 bits per heavy atom. The number of hydrogen-bond donors (Lipinski definition) is 0. The standard InChI is InChI=1S/5Pd.Pr. The quantitative estimate of drug-likeness (QED) is 0.318. The first-order valence-electron chi connectivity index (χ1n) is 0. The summed E-state index contributed by atoms with van der Waals surface area (Å²) in [5.74, 6) is 0. The molecule has 53 valence electrons. The summed E-state index contributed by atoms with van der Waals surface area (Å²) in [6.07, 6.45) is 0. The molecule has 0 spiro atoms. The zero-order valence-electron chi connectivity index (χ0n) is 2.16. The van der Waals surface area contributed by atoms with Crippen LogP contribution in [-0.2, 0) is 102 Å². The van der Waals surface area contributed by atoms with Gasteiger partial charge in [-0.25, -0.2) is 0 Å². The van der Waals surface area contributed by atoms with E-state index in [9.17, 15) is 0 Å². The van der Waals surface area contributed by atoms with Crippen molar-refractivity contribution in [2.75, 3.05) is 0 Å². The molecule has 0 aliphatic carbocycles. The van der Waals surface area contributed by atoms with Crippen LogP contribution in [0.15, 0.2) is 0 Å². The molecular weight excluding hydrogens is 673 g/mol. The first-order chi connectivity index (χ1) is 0. The largest absolute Gasteiger partial charge is 0 e. The minimum Gasteiger partial charge on any atom is 0 e. The second kappa shape index (κ2) is 33.3. The molecule has 0 saturated heterocycles. The van der Waals surface area contributed by atoms with E-state index in [1.807, 2.05) is 0 Å². The fraction of sp³-hybridized carbons (Fsp3) is 0. The maximum absolute atomic E-state index is 0. The topological polar surface area (TPSA) is 0 Å². The minimum absolute atomic E-state index is 0. The monoisotopic (exact) mass is 670 g/mol. The van der Waals surface area contributed by atoms with Crippen molar-refractivity contribution in [1.29, 1.82) is 0 Å². The van der Waals surface area contributed by atoms with Gasteiger partial charge in [-0.2, -0.15) is 0 Å². The van der Waals surface area contributed by atoms with Crippen LogP contribution in [-0.4, -0.2) is 0 Å². The van der Waals surface area contributed by atoms with E-state index in [1.54, 1.807) is 0 Å². The Hall–Kier alpha value is 4.68. The van der Waals surface area contributed by atoms with E-state index in [0.717, 1.165) is 0 Å². The van der Waals surface area contributed by atoms with Crippen LogP contribution in [0.4, 0.5) is 0 Å². The van der Waals surface area contributed by atoms with Crippen LogP contribution in [0.1, 0.15) is 0 Å². The first kappa shape index (κ1) is 45.7. The van der Waals surface area contributed by atoms with Gasteiger partial charge in [-0.15, -0.1) is 0 Å². The van der Waals surface area contributed by atoms with Crippen molar-refractivity contribution >= 4 is 0 Å². The maximum atomic E-state index is 0. The van der Waals surface area contributed by atoms with Crippen molar-refractivity contribution in [3.63, 3.8) is 0 Å². The second-order valence-corrected chi connectivity index (χ2v) is 0. The first-order valence-corrected chi connectivity index (χ1v) is 0. The van der Waals surface area contributed by atoms with Gasteiger partial charge in [-0.3, -0.25) is 0 Å². The molecule has 6 heteroatoms. The van der Waals surface area contributed by atoms with Crippen LogP contribution in [0.3, 0.4) is 0 Å². The molecule has 0 N–H and O–H groups in total. The van der Waals surface area contributed by atoms with E-state index >= 15 is 0 Å². The Bertz CT molecular complexity index is 3.90. The third-order valence-corrected chi connectivity index (χ3v) is 0. The predicted octanol–water partition coefficient (Wildman–Crippen LogP) is -0.0125. The van der Waals surface area contributed by atoms with E-state index in [4.69, 9.17) is 0 Å². The molecule has 0 fully saturated rings. The second-order valence-electron chi connectivity index (χ2n) is 0. The Labute approximate surface area is 140 Å². The molecule has 0 atom stereocenters. The van der Waals surface area contributed by atoms with Gasteiger partial charge in [0.1, 0.15) is 0 Å². The summed E-state index contributed by atoms with van der Waals surface area (Å²) >= 11 is 0. The van der Waals surface area contributed by atoms with Gasteiger partial charge in [0, 0.05) is 143 Å². The van der Waals surface area contributed by atoms with Crippen LogP contribution in [0.25, 0.3) is 0 Å². The van der Waals surface area contributed by atoms with Gasteiger partial charge in [0.05, 0.1) is 0 Å². The summed E-state index contributed by atoms with van der Waals surface area (Å²) in [5, 5.41) is 0. The zero-order valence-corrected chi connectivity index (χ0v) is 13.6. The summed E-state index contributed by atoms with van der Waals surface area (Å²) in [4.78, 5) is 0. The van der Waals surface area contributed by atoms with Crippen molar-refractivity contribution in [2.24, 2.45) is 0 Å². The normalized spacial score (nSPS) is 0. The Kier molecular flexibility index (Phi) is 254. The average molecular weight is 673 g/mol. The maximum Gasteiger partial charge on any atom is 0 e. The summed E-state index contributed by atoms with van der Waals surface area (Å²) in [6.45, 7) is 0. The van der Waals surface area contributed by atoms with Gasteiger partial charge >= 0.3 is 0 Å². The number of rotatable bonds is 0. The van der Waals surface area contributed by atoms with Gasteiger partial charge in [0.15, 0.2) is 0 Å². The van der Waals surface area contributed by atoms with Crippen molar-refractivity contribution in [2.45, 2.75) is 0 Å². The summed E-state index contributed by atoms with van der Waals surface area (Å²) in [7, 11) is 0.